The topological polar surface area (TPSA) is 103 Å². The molecule has 0 spiro atoms. The SMILES string of the molecule is O=C(NS(=O)(=O)CCC(F)(F)F)c1ccc(N2CCN(Cc3ccc(-c4cncc(O)c4)c4ccccc34)CC2)cc1. The number of amides is 1. The van der Waals surface area contributed by atoms with Gasteiger partial charge in [0.1, 0.15) is 5.75 Å². The lowest BCUT2D eigenvalue weighted by Crippen LogP contribution is -2.46. The van der Waals surface area contributed by atoms with E-state index < -0.39 is 34.3 Å². The van der Waals surface area contributed by atoms with Crippen molar-refractivity contribution >= 4 is 32.4 Å². The van der Waals surface area contributed by atoms with Gasteiger partial charge in [-0.3, -0.25) is 14.7 Å². The highest BCUT2D eigenvalue weighted by Gasteiger charge is 2.30. The number of nitrogens with one attached hydrogen (secondary N) is 1. The Balaban J connectivity index is 1.20. The Morgan fingerprint density at radius 1 is 0.929 bits per heavy atom. The van der Waals surface area contributed by atoms with Crippen LogP contribution >= 0.6 is 0 Å². The second-order valence-electron chi connectivity index (χ2n) is 10.2. The molecule has 1 aliphatic heterocycles. The average molecular weight is 599 g/mol. The summed E-state index contributed by atoms with van der Waals surface area (Å²) in [6.45, 7) is 3.83. The van der Waals surface area contributed by atoms with Crippen LogP contribution in [0.3, 0.4) is 0 Å². The molecule has 1 aromatic heterocycles. The van der Waals surface area contributed by atoms with Crippen molar-refractivity contribution in [2.75, 3.05) is 36.8 Å². The van der Waals surface area contributed by atoms with Crippen molar-refractivity contribution in [3.05, 3.63) is 90.3 Å². The molecule has 1 amide bonds. The number of aromatic nitrogens is 1. The van der Waals surface area contributed by atoms with Crippen LogP contribution in [-0.4, -0.2) is 67.4 Å². The molecule has 2 heterocycles. The van der Waals surface area contributed by atoms with E-state index in [1.54, 1.807) is 29.1 Å². The zero-order valence-electron chi connectivity index (χ0n) is 22.5. The minimum absolute atomic E-state index is 0.0461. The maximum absolute atomic E-state index is 12.4. The molecule has 5 rings (SSSR count). The minimum atomic E-state index is -4.63. The van der Waals surface area contributed by atoms with Gasteiger partial charge in [0.05, 0.1) is 18.4 Å². The van der Waals surface area contributed by atoms with Crippen LogP contribution in [0.5, 0.6) is 5.75 Å². The van der Waals surface area contributed by atoms with E-state index in [2.05, 4.69) is 39.0 Å². The second kappa shape index (κ2) is 12.0. The number of aromatic hydroxyl groups is 1. The number of alkyl halides is 3. The van der Waals surface area contributed by atoms with Gasteiger partial charge in [0, 0.05) is 55.7 Å². The number of anilines is 1. The third kappa shape index (κ3) is 7.18. The number of halogens is 3. The van der Waals surface area contributed by atoms with Gasteiger partial charge in [-0.15, -0.1) is 0 Å². The Hall–Kier alpha value is -4.16. The average Bonchev–Trinajstić information content (AvgIpc) is 2.96. The number of carbonyl (C=O) groups is 1. The quantitative estimate of drug-likeness (QED) is 0.296. The first kappa shape index (κ1) is 29.3. The summed E-state index contributed by atoms with van der Waals surface area (Å²) in [6.07, 6.45) is -3.02. The summed E-state index contributed by atoms with van der Waals surface area (Å²) < 4.78 is 62.5. The van der Waals surface area contributed by atoms with Crippen LogP contribution in [0.2, 0.25) is 0 Å². The number of nitrogens with zero attached hydrogens (tertiary/aromatic N) is 3. The third-order valence-electron chi connectivity index (χ3n) is 7.21. The smallest absolute Gasteiger partial charge is 0.390 e. The van der Waals surface area contributed by atoms with Crippen LogP contribution in [0.15, 0.2) is 79.1 Å². The summed E-state index contributed by atoms with van der Waals surface area (Å²) in [4.78, 5) is 20.9. The molecule has 0 aliphatic carbocycles. The third-order valence-corrected chi connectivity index (χ3v) is 8.45. The first-order valence-electron chi connectivity index (χ1n) is 13.3. The Labute approximate surface area is 241 Å². The molecule has 12 heteroatoms. The summed E-state index contributed by atoms with van der Waals surface area (Å²) in [5, 5.41) is 12.1. The molecule has 1 fully saturated rings. The Morgan fingerprint density at radius 3 is 2.29 bits per heavy atom. The van der Waals surface area contributed by atoms with Crippen molar-refractivity contribution in [1.82, 2.24) is 14.6 Å². The summed E-state index contributed by atoms with van der Waals surface area (Å²) in [5.74, 6) is -2.06. The van der Waals surface area contributed by atoms with Gasteiger partial charge >= 0.3 is 6.18 Å². The monoisotopic (exact) mass is 598 g/mol. The molecule has 1 aliphatic rings. The maximum Gasteiger partial charge on any atom is 0.390 e. The van der Waals surface area contributed by atoms with Crippen LogP contribution in [0.1, 0.15) is 22.3 Å². The lowest BCUT2D eigenvalue weighted by Gasteiger charge is -2.36. The molecular weight excluding hydrogens is 569 g/mol. The Kier molecular flexibility index (Phi) is 8.37. The minimum Gasteiger partial charge on any atom is -0.506 e. The molecule has 1 saturated heterocycles. The van der Waals surface area contributed by atoms with E-state index >= 15 is 0 Å². The number of benzene rings is 3. The highest BCUT2D eigenvalue weighted by Crippen LogP contribution is 2.32. The van der Waals surface area contributed by atoms with Gasteiger partial charge in [-0.2, -0.15) is 13.2 Å². The van der Waals surface area contributed by atoms with E-state index in [0.29, 0.717) is 0 Å². The molecule has 0 atom stereocenters. The van der Waals surface area contributed by atoms with E-state index in [-0.39, 0.29) is 11.3 Å². The number of piperazine rings is 1. The van der Waals surface area contributed by atoms with Crippen LogP contribution in [0.4, 0.5) is 18.9 Å². The maximum atomic E-state index is 12.4. The lowest BCUT2D eigenvalue weighted by atomic mass is 9.95. The summed E-state index contributed by atoms with van der Waals surface area (Å²) >= 11 is 0. The number of sulfonamides is 1. The molecule has 3 aromatic carbocycles. The molecule has 8 nitrogen and oxygen atoms in total. The summed E-state index contributed by atoms with van der Waals surface area (Å²) in [5.41, 5.74) is 3.94. The lowest BCUT2D eigenvalue weighted by molar-refractivity contribution is -0.130. The fraction of sp³-hybridized carbons (Fsp3) is 0.267. The van der Waals surface area contributed by atoms with E-state index in [4.69, 9.17) is 0 Å². The molecule has 220 valence electrons. The number of rotatable bonds is 8. The van der Waals surface area contributed by atoms with Gasteiger partial charge in [0.2, 0.25) is 10.0 Å². The number of carbonyl (C=O) groups excluding carboxylic acids is 1. The Morgan fingerprint density at radius 2 is 1.62 bits per heavy atom. The fourth-order valence-corrected chi connectivity index (χ4v) is 6.06. The highest BCUT2D eigenvalue weighted by atomic mass is 32.2. The standard InChI is InChI=1S/C30H29F3N4O4S/c31-30(32,33)11-16-42(40,41)35-29(39)21-5-8-24(9-6-21)37-14-12-36(13-15-37)20-22-7-10-27(23-17-25(38)19-34-18-23)28-4-2-1-3-26(22)28/h1-10,17-19,38H,11-16,20H2,(H,35,39). The summed E-state index contributed by atoms with van der Waals surface area (Å²) in [6, 6.07) is 20.4. The largest absolute Gasteiger partial charge is 0.506 e. The number of hydrogen-bond acceptors (Lipinski definition) is 7. The van der Waals surface area contributed by atoms with Crippen molar-refractivity contribution in [2.24, 2.45) is 0 Å². The highest BCUT2D eigenvalue weighted by molar-refractivity contribution is 7.90. The van der Waals surface area contributed by atoms with Crippen molar-refractivity contribution in [3.8, 4) is 16.9 Å². The van der Waals surface area contributed by atoms with Gasteiger partial charge in [-0.1, -0.05) is 36.4 Å². The molecule has 0 saturated carbocycles. The number of hydrogen-bond donors (Lipinski definition) is 2. The Bertz CT molecular complexity index is 1690. The zero-order chi connectivity index (χ0) is 29.9. The van der Waals surface area contributed by atoms with E-state index in [0.717, 1.165) is 60.3 Å². The molecule has 4 aromatic rings. The van der Waals surface area contributed by atoms with E-state index in [1.807, 2.05) is 12.1 Å². The van der Waals surface area contributed by atoms with E-state index in [1.165, 1.54) is 23.9 Å². The predicted molar refractivity (Wildman–Crippen MR) is 155 cm³/mol. The van der Waals surface area contributed by atoms with Crippen molar-refractivity contribution in [3.63, 3.8) is 0 Å². The van der Waals surface area contributed by atoms with Crippen LogP contribution in [0, 0.1) is 0 Å². The molecule has 0 radical (unpaired) electrons. The second-order valence-corrected chi connectivity index (χ2v) is 12.0. The molecule has 0 unspecified atom stereocenters. The molecule has 2 N–H and O–H groups in total. The first-order chi connectivity index (χ1) is 20.0. The number of fused-ring (bicyclic) bond motifs is 1. The van der Waals surface area contributed by atoms with Crippen molar-refractivity contribution in [1.29, 1.82) is 0 Å². The van der Waals surface area contributed by atoms with Gasteiger partial charge in [-0.05, 0) is 52.2 Å². The van der Waals surface area contributed by atoms with Crippen molar-refractivity contribution < 1.29 is 31.5 Å². The van der Waals surface area contributed by atoms with Gasteiger partial charge < -0.3 is 10.0 Å². The van der Waals surface area contributed by atoms with Gasteiger partial charge in [0.15, 0.2) is 0 Å². The van der Waals surface area contributed by atoms with Gasteiger partial charge in [-0.25, -0.2) is 13.1 Å². The van der Waals surface area contributed by atoms with Crippen molar-refractivity contribution in [2.45, 2.75) is 19.1 Å². The van der Waals surface area contributed by atoms with Crippen LogP contribution in [0.25, 0.3) is 21.9 Å². The normalized spacial score (nSPS) is 14.7. The van der Waals surface area contributed by atoms with Crippen LogP contribution < -0.4 is 9.62 Å². The zero-order valence-corrected chi connectivity index (χ0v) is 23.3. The van der Waals surface area contributed by atoms with Crippen LogP contribution in [-0.2, 0) is 16.6 Å². The molecular formula is C30H29F3N4O4S. The van der Waals surface area contributed by atoms with E-state index in [9.17, 15) is 31.5 Å². The van der Waals surface area contributed by atoms with Gasteiger partial charge in [0.25, 0.3) is 5.91 Å². The first-order valence-corrected chi connectivity index (χ1v) is 15.0. The fourth-order valence-electron chi connectivity index (χ4n) is 5.06. The molecule has 0 bridgehead atoms. The number of pyridine rings is 1. The summed E-state index contributed by atoms with van der Waals surface area (Å²) in [7, 11) is -4.41. The molecule has 42 heavy (non-hydrogen) atoms. The predicted octanol–water partition coefficient (Wildman–Crippen LogP) is 4.94.